The molecule has 0 fully saturated rings. The van der Waals surface area contributed by atoms with Crippen LogP contribution in [0.5, 0.6) is 0 Å². The van der Waals surface area contributed by atoms with Gasteiger partial charge < -0.3 is 4.42 Å². The lowest BCUT2D eigenvalue weighted by molar-refractivity contribution is 0.670. The van der Waals surface area contributed by atoms with Crippen LogP contribution in [0, 0.1) is 0 Å². The van der Waals surface area contributed by atoms with Gasteiger partial charge in [0.05, 0.1) is 0 Å². The van der Waals surface area contributed by atoms with E-state index in [9.17, 15) is 0 Å². The zero-order valence-electron chi connectivity index (χ0n) is 27.7. The molecule has 0 atom stereocenters. The molecule has 0 radical (unpaired) electrons. The number of hydrogen-bond donors (Lipinski definition) is 0. The Morgan fingerprint density at radius 3 is 1.45 bits per heavy atom. The molecule has 10 aromatic carbocycles. The largest absolute Gasteiger partial charge is 0.455 e. The average molecular weight is 647 g/mol. The number of benzene rings is 10. The number of para-hydroxylation sites is 2. The van der Waals surface area contributed by atoms with Crippen LogP contribution in [0.2, 0.25) is 0 Å². The summed E-state index contributed by atoms with van der Waals surface area (Å²) in [4.78, 5) is 0. The fraction of sp³-hybridized carbons (Fsp3) is 0. The molecule has 0 saturated carbocycles. The zero-order valence-corrected chi connectivity index (χ0v) is 27.7. The molecule has 1 nitrogen and oxygen atoms in total. The van der Waals surface area contributed by atoms with Gasteiger partial charge in [-0.1, -0.05) is 158 Å². The highest BCUT2D eigenvalue weighted by atomic mass is 16.3. The molecule has 0 unspecified atom stereocenters. The molecule has 51 heavy (non-hydrogen) atoms. The van der Waals surface area contributed by atoms with E-state index >= 15 is 0 Å². The first-order chi connectivity index (χ1) is 25.3. The molecule has 0 aliphatic rings. The van der Waals surface area contributed by atoms with Gasteiger partial charge in [0.2, 0.25) is 0 Å². The number of furan rings is 1. The van der Waals surface area contributed by atoms with Crippen molar-refractivity contribution in [2.24, 2.45) is 0 Å². The van der Waals surface area contributed by atoms with Crippen LogP contribution in [0.3, 0.4) is 0 Å². The number of hydrogen-bond acceptors (Lipinski definition) is 1. The summed E-state index contributed by atoms with van der Waals surface area (Å²) in [6.45, 7) is 0. The summed E-state index contributed by atoms with van der Waals surface area (Å²) in [6.07, 6.45) is 0. The molecule has 236 valence electrons. The van der Waals surface area contributed by atoms with E-state index < -0.39 is 0 Å². The SMILES string of the molecule is c1ccc2c(c1)ccc1cc(-c3c4ccccc4c(-c4ccc5cc(-c6cccc7c6oc6ccccc67)ccc5c4)c4ccccc34)ccc12. The van der Waals surface area contributed by atoms with Gasteiger partial charge >= 0.3 is 0 Å². The molecule has 0 saturated heterocycles. The van der Waals surface area contributed by atoms with Gasteiger partial charge in [-0.3, -0.25) is 0 Å². The van der Waals surface area contributed by atoms with Crippen LogP contribution in [0.4, 0.5) is 0 Å². The highest BCUT2D eigenvalue weighted by Crippen LogP contribution is 2.45. The van der Waals surface area contributed by atoms with Crippen LogP contribution in [0.25, 0.3) is 109 Å². The van der Waals surface area contributed by atoms with Crippen molar-refractivity contribution in [1.29, 1.82) is 0 Å². The molecule has 1 heterocycles. The lowest BCUT2D eigenvalue weighted by Crippen LogP contribution is -1.91. The Labute approximate surface area is 294 Å². The third kappa shape index (κ3) is 4.28. The maximum Gasteiger partial charge on any atom is 0.143 e. The predicted molar refractivity (Wildman–Crippen MR) is 218 cm³/mol. The monoisotopic (exact) mass is 646 g/mol. The molecule has 0 aliphatic carbocycles. The fourth-order valence-electron chi connectivity index (χ4n) is 8.46. The molecule has 0 bridgehead atoms. The molecule has 1 heteroatoms. The Hall–Kier alpha value is -6.70. The van der Waals surface area contributed by atoms with Crippen LogP contribution >= 0.6 is 0 Å². The third-order valence-corrected chi connectivity index (χ3v) is 10.8. The standard InChI is InChI=1S/C50H30O/c1-2-11-38-31(10-1)20-23-34-30-37(26-27-39(34)38)49-44-15-5-3-13-42(44)48(43-14-4-6-16-45(43)49)36-25-22-32-28-35(24-21-33(32)29-36)40-17-9-18-46-41-12-7-8-19-47(41)51-50(40)46/h1-30H. The van der Waals surface area contributed by atoms with Crippen LogP contribution < -0.4 is 0 Å². The Morgan fingerprint density at radius 1 is 0.275 bits per heavy atom. The highest BCUT2D eigenvalue weighted by molar-refractivity contribution is 6.22. The molecule has 0 N–H and O–H groups in total. The van der Waals surface area contributed by atoms with E-state index in [4.69, 9.17) is 4.42 Å². The predicted octanol–water partition coefficient (Wildman–Crippen LogP) is 14.4. The van der Waals surface area contributed by atoms with Gasteiger partial charge in [0.25, 0.3) is 0 Å². The van der Waals surface area contributed by atoms with Gasteiger partial charge in [-0.05, 0) is 106 Å². The van der Waals surface area contributed by atoms with Crippen molar-refractivity contribution in [1.82, 2.24) is 0 Å². The van der Waals surface area contributed by atoms with Gasteiger partial charge in [0.1, 0.15) is 11.2 Å². The minimum atomic E-state index is 0.921. The van der Waals surface area contributed by atoms with Crippen LogP contribution in [0.15, 0.2) is 186 Å². The van der Waals surface area contributed by atoms with Gasteiger partial charge in [-0.15, -0.1) is 0 Å². The first-order valence-corrected chi connectivity index (χ1v) is 17.6. The molecule has 0 spiro atoms. The number of rotatable bonds is 3. The van der Waals surface area contributed by atoms with Gasteiger partial charge in [-0.25, -0.2) is 0 Å². The second-order valence-corrected chi connectivity index (χ2v) is 13.6. The second kappa shape index (κ2) is 10.9. The average Bonchev–Trinajstić information content (AvgIpc) is 3.58. The van der Waals surface area contributed by atoms with Crippen LogP contribution in [-0.2, 0) is 0 Å². The quantitative estimate of drug-likeness (QED) is 0.138. The van der Waals surface area contributed by atoms with E-state index in [2.05, 4.69) is 170 Å². The lowest BCUT2D eigenvalue weighted by Gasteiger charge is -2.18. The molecular weight excluding hydrogens is 617 g/mol. The van der Waals surface area contributed by atoms with E-state index in [0.29, 0.717) is 0 Å². The third-order valence-electron chi connectivity index (χ3n) is 10.8. The van der Waals surface area contributed by atoms with Gasteiger partial charge in [0, 0.05) is 16.3 Å². The number of fused-ring (bicyclic) bond motifs is 9. The Balaban J connectivity index is 1.08. The summed E-state index contributed by atoms with van der Waals surface area (Å²) in [5.41, 5.74) is 9.14. The van der Waals surface area contributed by atoms with Crippen molar-refractivity contribution in [2.45, 2.75) is 0 Å². The maximum atomic E-state index is 6.39. The Kier molecular flexibility index (Phi) is 6.02. The smallest absolute Gasteiger partial charge is 0.143 e. The van der Waals surface area contributed by atoms with Crippen molar-refractivity contribution in [2.75, 3.05) is 0 Å². The van der Waals surface area contributed by atoms with E-state index in [0.717, 1.165) is 33.1 Å². The van der Waals surface area contributed by atoms with Crippen molar-refractivity contribution < 1.29 is 4.42 Å². The summed E-state index contributed by atoms with van der Waals surface area (Å²) < 4.78 is 6.39. The molecule has 11 rings (SSSR count). The molecule has 0 amide bonds. The van der Waals surface area contributed by atoms with Crippen molar-refractivity contribution in [3.63, 3.8) is 0 Å². The highest BCUT2D eigenvalue weighted by Gasteiger charge is 2.18. The Morgan fingerprint density at radius 2 is 0.745 bits per heavy atom. The molecule has 1 aromatic heterocycles. The van der Waals surface area contributed by atoms with Gasteiger partial charge in [0.15, 0.2) is 0 Å². The zero-order chi connectivity index (χ0) is 33.5. The van der Waals surface area contributed by atoms with Crippen molar-refractivity contribution in [3.05, 3.63) is 182 Å². The normalized spacial score (nSPS) is 11.9. The van der Waals surface area contributed by atoms with Crippen LogP contribution in [-0.4, -0.2) is 0 Å². The minimum absolute atomic E-state index is 0.921. The van der Waals surface area contributed by atoms with E-state index in [-0.39, 0.29) is 0 Å². The van der Waals surface area contributed by atoms with E-state index in [1.54, 1.807) is 0 Å². The van der Waals surface area contributed by atoms with Crippen LogP contribution in [0.1, 0.15) is 0 Å². The summed E-state index contributed by atoms with van der Waals surface area (Å²) in [5, 5.41) is 14.9. The van der Waals surface area contributed by atoms with E-state index in [1.807, 2.05) is 12.1 Å². The molecular formula is C50H30O. The fourth-order valence-corrected chi connectivity index (χ4v) is 8.46. The van der Waals surface area contributed by atoms with E-state index in [1.165, 1.54) is 76.1 Å². The topological polar surface area (TPSA) is 13.1 Å². The molecule has 11 aromatic rings. The lowest BCUT2D eigenvalue weighted by atomic mass is 9.85. The maximum absolute atomic E-state index is 6.39. The minimum Gasteiger partial charge on any atom is -0.455 e. The van der Waals surface area contributed by atoms with Gasteiger partial charge in [-0.2, -0.15) is 0 Å². The first-order valence-electron chi connectivity index (χ1n) is 17.6. The second-order valence-electron chi connectivity index (χ2n) is 13.6. The molecule has 0 aliphatic heterocycles. The van der Waals surface area contributed by atoms with Crippen molar-refractivity contribution in [3.8, 4) is 33.4 Å². The summed E-state index contributed by atoms with van der Waals surface area (Å²) in [7, 11) is 0. The Bertz CT molecular complexity index is 3140. The summed E-state index contributed by atoms with van der Waals surface area (Å²) in [6, 6.07) is 66.4. The van der Waals surface area contributed by atoms with Crippen molar-refractivity contribution >= 4 is 75.8 Å². The summed E-state index contributed by atoms with van der Waals surface area (Å²) in [5.74, 6) is 0. The summed E-state index contributed by atoms with van der Waals surface area (Å²) >= 11 is 0. The first kappa shape index (κ1) is 28.2.